The van der Waals surface area contributed by atoms with Gasteiger partial charge in [0.1, 0.15) is 11.5 Å². The quantitative estimate of drug-likeness (QED) is 0.908. The molecule has 0 radical (unpaired) electrons. The van der Waals surface area contributed by atoms with Gasteiger partial charge in [-0.1, -0.05) is 0 Å². The van der Waals surface area contributed by atoms with E-state index in [2.05, 4.69) is 5.32 Å². The number of phenols is 1. The Balaban J connectivity index is 2.25. The van der Waals surface area contributed by atoms with Gasteiger partial charge in [-0.05, 0) is 30.3 Å². The Morgan fingerprint density at radius 2 is 1.90 bits per heavy atom. The number of anilines is 1. The fourth-order valence-electron chi connectivity index (χ4n) is 1.60. The predicted molar refractivity (Wildman–Crippen MR) is 69.0 cm³/mol. The van der Waals surface area contributed by atoms with Gasteiger partial charge in [0.15, 0.2) is 11.6 Å². The van der Waals surface area contributed by atoms with Gasteiger partial charge in [0.05, 0.1) is 12.7 Å². The molecule has 0 aliphatic heterocycles. The van der Waals surface area contributed by atoms with E-state index in [4.69, 9.17) is 4.74 Å². The van der Waals surface area contributed by atoms with Gasteiger partial charge in [-0.3, -0.25) is 4.79 Å². The third-order valence-corrected chi connectivity index (χ3v) is 2.63. The molecule has 0 atom stereocenters. The van der Waals surface area contributed by atoms with Crippen molar-refractivity contribution in [2.75, 3.05) is 12.4 Å². The standard InChI is InChI=1S/C14H11F2NO3/c1-20-9-3-5-13(18)10(7-9)14(19)17-8-2-4-11(15)12(16)6-8/h2-7,18H,1H3,(H,17,19). The maximum atomic E-state index is 13.0. The Morgan fingerprint density at radius 1 is 1.15 bits per heavy atom. The van der Waals surface area contributed by atoms with Crippen LogP contribution in [0.2, 0.25) is 0 Å². The smallest absolute Gasteiger partial charge is 0.259 e. The predicted octanol–water partition coefficient (Wildman–Crippen LogP) is 2.93. The third-order valence-electron chi connectivity index (χ3n) is 2.63. The first kappa shape index (κ1) is 13.8. The van der Waals surface area contributed by atoms with Gasteiger partial charge in [0.2, 0.25) is 0 Å². The molecule has 0 saturated carbocycles. The molecule has 20 heavy (non-hydrogen) atoms. The van der Waals surface area contributed by atoms with Crippen LogP contribution in [0.25, 0.3) is 0 Å². The van der Waals surface area contributed by atoms with E-state index in [9.17, 15) is 18.7 Å². The molecule has 4 nitrogen and oxygen atoms in total. The Labute approximate surface area is 113 Å². The van der Waals surface area contributed by atoms with Crippen LogP contribution in [-0.4, -0.2) is 18.1 Å². The van der Waals surface area contributed by atoms with Gasteiger partial charge in [-0.15, -0.1) is 0 Å². The number of halogens is 2. The van der Waals surface area contributed by atoms with Crippen LogP contribution in [0, 0.1) is 11.6 Å². The Morgan fingerprint density at radius 3 is 2.55 bits per heavy atom. The normalized spacial score (nSPS) is 10.2. The van der Waals surface area contributed by atoms with Crippen LogP contribution in [-0.2, 0) is 0 Å². The minimum absolute atomic E-state index is 0.0333. The number of rotatable bonds is 3. The number of hydrogen-bond donors (Lipinski definition) is 2. The molecular weight excluding hydrogens is 268 g/mol. The molecule has 0 spiro atoms. The summed E-state index contributed by atoms with van der Waals surface area (Å²) in [6, 6.07) is 7.10. The molecule has 104 valence electrons. The molecule has 0 heterocycles. The number of amides is 1. The van der Waals surface area contributed by atoms with Gasteiger partial charge in [-0.2, -0.15) is 0 Å². The number of carbonyl (C=O) groups excluding carboxylic acids is 1. The van der Waals surface area contributed by atoms with Gasteiger partial charge < -0.3 is 15.2 Å². The highest BCUT2D eigenvalue weighted by Crippen LogP contribution is 2.24. The summed E-state index contributed by atoms with van der Waals surface area (Å²) in [5.74, 6) is -2.60. The zero-order valence-corrected chi connectivity index (χ0v) is 10.5. The number of hydrogen-bond acceptors (Lipinski definition) is 3. The highest BCUT2D eigenvalue weighted by atomic mass is 19.2. The molecule has 2 aromatic rings. The van der Waals surface area contributed by atoms with Crippen molar-refractivity contribution in [2.45, 2.75) is 0 Å². The first-order chi connectivity index (χ1) is 9.51. The largest absolute Gasteiger partial charge is 0.507 e. The van der Waals surface area contributed by atoms with E-state index in [1.807, 2.05) is 0 Å². The van der Waals surface area contributed by atoms with Crippen LogP contribution in [0.15, 0.2) is 36.4 Å². The Bertz CT molecular complexity index is 659. The van der Waals surface area contributed by atoms with Crippen LogP contribution < -0.4 is 10.1 Å². The van der Waals surface area contributed by atoms with Crippen molar-refractivity contribution in [1.82, 2.24) is 0 Å². The number of benzene rings is 2. The highest BCUT2D eigenvalue weighted by molar-refractivity contribution is 6.06. The number of ether oxygens (including phenoxy) is 1. The van der Waals surface area contributed by atoms with E-state index >= 15 is 0 Å². The lowest BCUT2D eigenvalue weighted by molar-refractivity contribution is 0.102. The summed E-state index contributed by atoms with van der Waals surface area (Å²) in [6.45, 7) is 0. The first-order valence-electron chi connectivity index (χ1n) is 5.64. The van der Waals surface area contributed by atoms with Crippen molar-refractivity contribution in [3.8, 4) is 11.5 Å². The van der Waals surface area contributed by atoms with E-state index in [1.54, 1.807) is 0 Å². The van der Waals surface area contributed by atoms with E-state index in [-0.39, 0.29) is 17.0 Å². The average molecular weight is 279 g/mol. The molecule has 2 rings (SSSR count). The van der Waals surface area contributed by atoms with Gasteiger partial charge in [-0.25, -0.2) is 8.78 Å². The van der Waals surface area contributed by atoms with Crippen LogP contribution in [0.3, 0.4) is 0 Å². The Kier molecular flexibility index (Phi) is 3.84. The Hall–Kier alpha value is -2.63. The third kappa shape index (κ3) is 2.85. The zero-order valence-electron chi connectivity index (χ0n) is 10.5. The van der Waals surface area contributed by atoms with E-state index in [1.165, 1.54) is 31.4 Å². The fraction of sp³-hybridized carbons (Fsp3) is 0.0714. The molecule has 6 heteroatoms. The molecular formula is C14H11F2NO3. The summed E-state index contributed by atoms with van der Waals surface area (Å²) in [4.78, 5) is 12.0. The molecule has 2 aromatic carbocycles. The SMILES string of the molecule is COc1ccc(O)c(C(=O)Nc2ccc(F)c(F)c2)c1. The van der Waals surface area contributed by atoms with Crippen LogP contribution in [0.5, 0.6) is 11.5 Å². The number of carbonyl (C=O) groups is 1. The fourth-order valence-corrected chi connectivity index (χ4v) is 1.60. The first-order valence-corrected chi connectivity index (χ1v) is 5.64. The van der Waals surface area contributed by atoms with Crippen LogP contribution >= 0.6 is 0 Å². The molecule has 0 aliphatic rings. The average Bonchev–Trinajstić information content (AvgIpc) is 2.43. The topological polar surface area (TPSA) is 58.6 Å². The molecule has 0 saturated heterocycles. The second-order valence-corrected chi connectivity index (χ2v) is 3.97. The van der Waals surface area contributed by atoms with Gasteiger partial charge in [0, 0.05) is 11.8 Å². The number of aromatic hydroxyl groups is 1. The molecule has 1 amide bonds. The molecule has 0 bridgehead atoms. The second kappa shape index (κ2) is 5.56. The monoisotopic (exact) mass is 279 g/mol. The summed E-state index contributed by atoms with van der Waals surface area (Å²) in [5.41, 5.74) is 0.0465. The van der Waals surface area contributed by atoms with Crippen molar-refractivity contribution in [2.24, 2.45) is 0 Å². The number of nitrogens with one attached hydrogen (secondary N) is 1. The summed E-state index contributed by atoms with van der Waals surface area (Å²) in [6.07, 6.45) is 0. The van der Waals surface area contributed by atoms with E-state index in [0.29, 0.717) is 5.75 Å². The van der Waals surface area contributed by atoms with Crippen LogP contribution in [0.4, 0.5) is 14.5 Å². The van der Waals surface area contributed by atoms with E-state index in [0.717, 1.165) is 12.1 Å². The van der Waals surface area contributed by atoms with Crippen molar-refractivity contribution >= 4 is 11.6 Å². The molecule has 0 aliphatic carbocycles. The van der Waals surface area contributed by atoms with Crippen molar-refractivity contribution in [3.05, 3.63) is 53.6 Å². The van der Waals surface area contributed by atoms with E-state index < -0.39 is 17.5 Å². The lowest BCUT2D eigenvalue weighted by Crippen LogP contribution is -2.12. The lowest BCUT2D eigenvalue weighted by atomic mass is 10.1. The van der Waals surface area contributed by atoms with Crippen LogP contribution in [0.1, 0.15) is 10.4 Å². The second-order valence-electron chi connectivity index (χ2n) is 3.97. The number of phenolic OH excluding ortho intramolecular Hbond substituents is 1. The summed E-state index contributed by atoms with van der Waals surface area (Å²) in [7, 11) is 1.42. The molecule has 0 aromatic heterocycles. The summed E-state index contributed by atoms with van der Waals surface area (Å²) >= 11 is 0. The minimum Gasteiger partial charge on any atom is -0.507 e. The molecule has 2 N–H and O–H groups in total. The summed E-state index contributed by atoms with van der Waals surface area (Å²) < 4.78 is 30.8. The number of methoxy groups -OCH3 is 1. The van der Waals surface area contributed by atoms with Crippen molar-refractivity contribution in [3.63, 3.8) is 0 Å². The zero-order chi connectivity index (χ0) is 14.7. The van der Waals surface area contributed by atoms with Crippen molar-refractivity contribution < 1.29 is 23.4 Å². The molecule has 0 unspecified atom stereocenters. The summed E-state index contributed by atoms with van der Waals surface area (Å²) in [5, 5.41) is 12.0. The molecule has 0 fully saturated rings. The minimum atomic E-state index is -1.07. The van der Waals surface area contributed by atoms with Crippen molar-refractivity contribution in [1.29, 1.82) is 0 Å². The maximum absolute atomic E-state index is 13.0. The highest BCUT2D eigenvalue weighted by Gasteiger charge is 2.13. The van der Waals surface area contributed by atoms with Gasteiger partial charge >= 0.3 is 0 Å². The lowest BCUT2D eigenvalue weighted by Gasteiger charge is -2.08. The maximum Gasteiger partial charge on any atom is 0.259 e. The van der Waals surface area contributed by atoms with Gasteiger partial charge in [0.25, 0.3) is 5.91 Å².